The van der Waals surface area contributed by atoms with Crippen LogP contribution in [0.15, 0.2) is 42.6 Å². The van der Waals surface area contributed by atoms with Crippen LogP contribution >= 0.6 is 11.6 Å². The number of aromatic nitrogens is 1. The number of carbonyl (C=O) groups is 1. The largest absolute Gasteiger partial charge is 0.481 e. The summed E-state index contributed by atoms with van der Waals surface area (Å²) >= 11 is 6.00. The van der Waals surface area contributed by atoms with E-state index in [9.17, 15) is 4.79 Å². The number of aryl methyl sites for hydroxylation is 1. The van der Waals surface area contributed by atoms with Gasteiger partial charge in [-0.1, -0.05) is 17.7 Å². The highest BCUT2D eigenvalue weighted by molar-refractivity contribution is 6.30. The van der Waals surface area contributed by atoms with Crippen molar-refractivity contribution in [3.63, 3.8) is 0 Å². The van der Waals surface area contributed by atoms with Crippen LogP contribution in [0.25, 0.3) is 0 Å². The number of hydrogen-bond acceptors (Lipinski definition) is 4. The van der Waals surface area contributed by atoms with E-state index in [1.807, 2.05) is 56.3 Å². The maximum absolute atomic E-state index is 12.9. The molecule has 2 aromatic rings. The number of rotatable bonds is 7. The Morgan fingerprint density at radius 3 is 2.72 bits per heavy atom. The molecule has 156 valence electrons. The predicted molar refractivity (Wildman–Crippen MR) is 116 cm³/mol. The first-order valence-electron chi connectivity index (χ1n) is 10.3. The molecule has 0 saturated carbocycles. The maximum Gasteiger partial charge on any atom is 0.263 e. The van der Waals surface area contributed by atoms with Crippen LogP contribution in [0.2, 0.25) is 5.02 Å². The minimum absolute atomic E-state index is 0.0197. The molecular weight excluding hydrogens is 386 g/mol. The highest BCUT2D eigenvalue weighted by atomic mass is 35.5. The lowest BCUT2D eigenvalue weighted by atomic mass is 10.0. The molecule has 1 aromatic carbocycles. The van der Waals surface area contributed by atoms with Gasteiger partial charge >= 0.3 is 0 Å². The summed E-state index contributed by atoms with van der Waals surface area (Å²) in [5.41, 5.74) is 2.06. The molecule has 1 fully saturated rings. The first kappa shape index (κ1) is 21.6. The molecule has 2 heterocycles. The molecule has 1 unspecified atom stereocenters. The second-order valence-corrected chi connectivity index (χ2v) is 8.20. The molecule has 0 spiro atoms. The average molecular weight is 416 g/mol. The molecular formula is C23H30ClN3O2. The number of pyridine rings is 1. The number of amides is 1. The molecule has 29 heavy (non-hydrogen) atoms. The van der Waals surface area contributed by atoms with Crippen LogP contribution in [-0.2, 0) is 11.2 Å². The Morgan fingerprint density at radius 2 is 2.07 bits per heavy atom. The number of hydrogen-bond donors (Lipinski definition) is 0. The van der Waals surface area contributed by atoms with E-state index < -0.39 is 6.10 Å². The topological polar surface area (TPSA) is 45.7 Å². The van der Waals surface area contributed by atoms with E-state index in [4.69, 9.17) is 16.3 Å². The Labute approximate surface area is 178 Å². The zero-order valence-electron chi connectivity index (χ0n) is 17.5. The fraction of sp³-hybridized carbons (Fsp3) is 0.478. The summed E-state index contributed by atoms with van der Waals surface area (Å²) < 4.78 is 5.92. The van der Waals surface area contributed by atoms with Crippen molar-refractivity contribution < 1.29 is 9.53 Å². The van der Waals surface area contributed by atoms with E-state index in [0.717, 1.165) is 50.2 Å². The van der Waals surface area contributed by atoms with Crippen LogP contribution in [0.3, 0.4) is 0 Å². The van der Waals surface area contributed by atoms with Gasteiger partial charge in [0, 0.05) is 56.1 Å². The molecule has 0 bridgehead atoms. The molecule has 1 amide bonds. The number of likely N-dealkylation sites (N-methyl/N-ethyl adjacent to an activating group) is 1. The van der Waals surface area contributed by atoms with Gasteiger partial charge in [0.2, 0.25) is 0 Å². The normalized spacial score (nSPS) is 16.4. The van der Waals surface area contributed by atoms with Crippen molar-refractivity contribution >= 4 is 17.5 Å². The fourth-order valence-corrected chi connectivity index (χ4v) is 4.03. The van der Waals surface area contributed by atoms with Gasteiger partial charge in [0.1, 0.15) is 5.75 Å². The number of likely N-dealkylation sites (tertiary alicyclic amines) is 1. The van der Waals surface area contributed by atoms with Crippen molar-refractivity contribution in [3.8, 4) is 5.75 Å². The monoisotopic (exact) mass is 415 g/mol. The molecule has 1 saturated heterocycles. The van der Waals surface area contributed by atoms with Crippen LogP contribution in [0.5, 0.6) is 5.75 Å². The summed E-state index contributed by atoms with van der Waals surface area (Å²) in [6.45, 7) is 6.76. The van der Waals surface area contributed by atoms with E-state index in [0.29, 0.717) is 10.8 Å². The van der Waals surface area contributed by atoms with Gasteiger partial charge in [-0.3, -0.25) is 9.78 Å². The predicted octanol–water partition coefficient (Wildman–Crippen LogP) is 3.98. The molecule has 6 heteroatoms. The Balaban J connectivity index is 1.46. The van der Waals surface area contributed by atoms with E-state index in [2.05, 4.69) is 16.0 Å². The highest BCUT2D eigenvalue weighted by Gasteiger charge is 2.28. The maximum atomic E-state index is 12.9. The van der Waals surface area contributed by atoms with Gasteiger partial charge in [-0.15, -0.1) is 0 Å². The Morgan fingerprint density at radius 1 is 1.31 bits per heavy atom. The number of ether oxygens (including phenoxy) is 1. The molecule has 0 aliphatic carbocycles. The molecule has 5 nitrogen and oxygen atoms in total. The van der Waals surface area contributed by atoms with Crippen LogP contribution in [0.4, 0.5) is 0 Å². The summed E-state index contributed by atoms with van der Waals surface area (Å²) in [5.74, 6) is 0.722. The van der Waals surface area contributed by atoms with Gasteiger partial charge in [-0.05, 0) is 62.6 Å². The summed E-state index contributed by atoms with van der Waals surface area (Å²) in [6.07, 6.45) is 4.25. The molecule has 1 atom stereocenters. The minimum atomic E-state index is -0.526. The van der Waals surface area contributed by atoms with Gasteiger partial charge in [-0.25, -0.2) is 0 Å². The van der Waals surface area contributed by atoms with Crippen LogP contribution in [0.1, 0.15) is 31.0 Å². The Hall–Kier alpha value is -2.11. The average Bonchev–Trinajstić information content (AvgIpc) is 2.74. The number of carbonyl (C=O) groups excluding carboxylic acids is 1. The van der Waals surface area contributed by atoms with Gasteiger partial charge in [0.05, 0.1) is 0 Å². The van der Waals surface area contributed by atoms with Crippen LogP contribution in [0, 0.1) is 6.92 Å². The molecule has 1 aliphatic rings. The van der Waals surface area contributed by atoms with E-state index in [-0.39, 0.29) is 11.9 Å². The summed E-state index contributed by atoms with van der Waals surface area (Å²) in [5, 5.41) is 0.667. The van der Waals surface area contributed by atoms with E-state index in [1.165, 1.54) is 0 Å². The van der Waals surface area contributed by atoms with Crippen molar-refractivity contribution in [1.82, 2.24) is 14.8 Å². The second kappa shape index (κ2) is 10.1. The zero-order valence-corrected chi connectivity index (χ0v) is 18.2. The summed E-state index contributed by atoms with van der Waals surface area (Å²) in [6, 6.07) is 11.8. The smallest absolute Gasteiger partial charge is 0.263 e. The van der Waals surface area contributed by atoms with E-state index >= 15 is 0 Å². The van der Waals surface area contributed by atoms with Crippen molar-refractivity contribution in [3.05, 3.63) is 58.9 Å². The van der Waals surface area contributed by atoms with Crippen molar-refractivity contribution in [2.45, 2.75) is 45.3 Å². The standard InChI is InChI=1S/C23H30ClN3O2/c1-17-16-19(24)7-8-22(17)29-18(2)23(28)26(3)21-10-14-27(15-11-21)13-9-20-6-4-5-12-25-20/h4-8,12,16,18,21H,9-11,13-15H2,1-3H3. The Bertz CT molecular complexity index is 807. The van der Waals surface area contributed by atoms with Gasteiger partial charge < -0.3 is 14.5 Å². The third-order valence-electron chi connectivity index (χ3n) is 5.65. The third kappa shape index (κ3) is 5.94. The number of halogens is 1. The van der Waals surface area contributed by atoms with Gasteiger partial charge in [0.25, 0.3) is 5.91 Å². The van der Waals surface area contributed by atoms with E-state index in [1.54, 1.807) is 6.07 Å². The van der Waals surface area contributed by atoms with Crippen molar-refractivity contribution in [2.24, 2.45) is 0 Å². The summed E-state index contributed by atoms with van der Waals surface area (Å²) in [4.78, 5) is 21.6. The third-order valence-corrected chi connectivity index (χ3v) is 5.89. The fourth-order valence-electron chi connectivity index (χ4n) is 3.80. The molecule has 1 aromatic heterocycles. The quantitative estimate of drug-likeness (QED) is 0.686. The number of nitrogens with zero attached hydrogens (tertiary/aromatic N) is 3. The summed E-state index contributed by atoms with van der Waals surface area (Å²) in [7, 11) is 1.89. The number of benzene rings is 1. The lowest BCUT2D eigenvalue weighted by Gasteiger charge is -2.37. The molecule has 0 N–H and O–H groups in total. The lowest BCUT2D eigenvalue weighted by Crippen LogP contribution is -2.49. The lowest BCUT2D eigenvalue weighted by molar-refractivity contribution is -0.139. The molecule has 0 radical (unpaired) electrons. The second-order valence-electron chi connectivity index (χ2n) is 7.76. The molecule has 3 rings (SSSR count). The molecule has 1 aliphatic heterocycles. The van der Waals surface area contributed by atoms with Gasteiger partial charge in [0.15, 0.2) is 6.10 Å². The SMILES string of the molecule is Cc1cc(Cl)ccc1OC(C)C(=O)N(C)C1CCN(CCc2ccccn2)CC1. The first-order chi connectivity index (χ1) is 13.9. The Kier molecular flexibility index (Phi) is 7.51. The van der Waals surface area contributed by atoms with Crippen LogP contribution in [-0.4, -0.2) is 59.5 Å². The highest BCUT2D eigenvalue weighted by Crippen LogP contribution is 2.24. The first-order valence-corrected chi connectivity index (χ1v) is 10.6. The zero-order chi connectivity index (χ0) is 20.8. The van der Waals surface area contributed by atoms with Crippen molar-refractivity contribution in [2.75, 3.05) is 26.7 Å². The van der Waals surface area contributed by atoms with Crippen LogP contribution < -0.4 is 4.74 Å². The minimum Gasteiger partial charge on any atom is -0.481 e. The number of piperidine rings is 1. The van der Waals surface area contributed by atoms with Crippen molar-refractivity contribution in [1.29, 1.82) is 0 Å². The van der Waals surface area contributed by atoms with Gasteiger partial charge in [-0.2, -0.15) is 0 Å².